The molecule has 0 radical (unpaired) electrons. The van der Waals surface area contributed by atoms with Crippen LogP contribution in [0.2, 0.25) is 0 Å². The number of aliphatic carboxylic acids is 1. The number of carbonyl (C=O) groups is 4. The number of hydrogen-bond donors (Lipinski definition) is 3. The number of aromatic nitrogens is 2. The highest BCUT2D eigenvalue weighted by molar-refractivity contribution is 8.05. The first-order chi connectivity index (χ1) is 15.9. The maximum Gasteiger partial charge on any atom is 0.353 e. The molecule has 3 heterocycles. The first-order valence-corrected chi connectivity index (χ1v) is 12.7. The molecule has 4 N–H and O–H groups in total. The summed E-state index contributed by atoms with van der Waals surface area (Å²) in [6.45, 7) is 4.48. The van der Waals surface area contributed by atoms with Crippen LogP contribution in [0.5, 0.6) is 0 Å². The number of carbonyl (C=O) groups excluding carboxylic acids is 3. The first kappa shape index (κ1) is 25.8. The van der Waals surface area contributed by atoms with Crippen LogP contribution in [0.4, 0.5) is 5.13 Å². The number of nitrogens with zero attached hydrogens (tertiary/aromatic N) is 4. The predicted octanol–water partition coefficient (Wildman–Crippen LogP) is 0.242. The number of nitrogens with one attached hydrogen (secondary N) is 1. The molecule has 1 aromatic rings. The number of hydrogen-bond acceptors (Lipinski definition) is 13. The van der Waals surface area contributed by atoms with Gasteiger partial charge in [-0.2, -0.15) is 9.36 Å². The molecule has 0 saturated carbocycles. The van der Waals surface area contributed by atoms with Crippen LogP contribution in [-0.4, -0.2) is 84.5 Å². The summed E-state index contributed by atoms with van der Waals surface area (Å²) in [6, 6.07) is -0.998. The van der Waals surface area contributed by atoms with Gasteiger partial charge in [0.05, 0.1) is 0 Å². The van der Waals surface area contributed by atoms with Crippen molar-refractivity contribution in [2.45, 2.75) is 37.8 Å². The Morgan fingerprint density at radius 1 is 1.38 bits per heavy atom. The Bertz CT molecular complexity index is 1080. The fraction of sp³-hybridized carbons (Fsp3) is 0.500. The third-order valence-electron chi connectivity index (χ3n) is 4.30. The molecular weight excluding hydrogens is 508 g/mol. The van der Waals surface area contributed by atoms with Gasteiger partial charge in [0.15, 0.2) is 5.13 Å². The molecule has 1 unspecified atom stereocenters. The molecule has 13 nitrogen and oxygen atoms in total. The number of carboxylic acid groups (broad SMARTS) is 1. The summed E-state index contributed by atoms with van der Waals surface area (Å²) in [5.41, 5.74) is 4.38. The van der Waals surface area contributed by atoms with Gasteiger partial charge in [0.2, 0.25) is 18.1 Å². The second kappa shape index (κ2) is 10.2. The van der Waals surface area contributed by atoms with Gasteiger partial charge in [0.25, 0.3) is 11.8 Å². The molecule has 0 aromatic carbocycles. The summed E-state index contributed by atoms with van der Waals surface area (Å²) >= 11 is 3.40. The summed E-state index contributed by atoms with van der Waals surface area (Å²) in [7, 11) is 0. The van der Waals surface area contributed by atoms with Crippen LogP contribution in [0.25, 0.3) is 0 Å². The summed E-state index contributed by atoms with van der Waals surface area (Å²) in [5.74, 6) is -3.12. The van der Waals surface area contributed by atoms with Crippen molar-refractivity contribution >= 4 is 69.7 Å². The van der Waals surface area contributed by atoms with Gasteiger partial charge in [0, 0.05) is 22.2 Å². The number of β-lactam (4-membered cyclic amide) rings is 1. The van der Waals surface area contributed by atoms with Crippen molar-refractivity contribution in [1.82, 2.24) is 19.6 Å². The van der Waals surface area contributed by atoms with E-state index in [4.69, 9.17) is 15.3 Å². The molecule has 2 aliphatic heterocycles. The minimum atomic E-state index is -1.22. The minimum Gasteiger partial charge on any atom is -0.477 e. The number of fused-ring (bicyclic) bond motifs is 1. The van der Waals surface area contributed by atoms with Gasteiger partial charge in [0.1, 0.15) is 22.7 Å². The zero-order chi connectivity index (χ0) is 25.2. The largest absolute Gasteiger partial charge is 0.477 e. The number of anilines is 1. The third kappa shape index (κ3) is 5.61. The van der Waals surface area contributed by atoms with Crippen molar-refractivity contribution < 1.29 is 33.9 Å². The van der Waals surface area contributed by atoms with E-state index in [-0.39, 0.29) is 16.7 Å². The predicted molar refractivity (Wildman–Crippen MR) is 126 cm³/mol. The van der Waals surface area contributed by atoms with Crippen molar-refractivity contribution in [2.75, 3.05) is 24.3 Å². The monoisotopic (exact) mass is 530 g/mol. The van der Waals surface area contributed by atoms with E-state index in [0.29, 0.717) is 10.7 Å². The lowest BCUT2D eigenvalue weighted by atomic mass is 10.0. The van der Waals surface area contributed by atoms with Crippen molar-refractivity contribution in [3.63, 3.8) is 0 Å². The van der Waals surface area contributed by atoms with E-state index in [0.717, 1.165) is 16.4 Å². The molecule has 0 spiro atoms. The quantitative estimate of drug-likeness (QED) is 0.180. The van der Waals surface area contributed by atoms with Gasteiger partial charge in [-0.05, 0) is 27.0 Å². The van der Waals surface area contributed by atoms with Gasteiger partial charge < -0.3 is 25.7 Å². The van der Waals surface area contributed by atoms with Crippen LogP contribution in [-0.2, 0) is 28.8 Å². The van der Waals surface area contributed by atoms with Crippen molar-refractivity contribution in [3.8, 4) is 0 Å². The van der Waals surface area contributed by atoms with Gasteiger partial charge in [-0.3, -0.25) is 14.5 Å². The normalized spacial score (nSPS) is 20.4. The molecule has 0 aliphatic carbocycles. The van der Waals surface area contributed by atoms with Gasteiger partial charge in [-0.1, -0.05) is 5.16 Å². The lowest BCUT2D eigenvalue weighted by molar-refractivity contribution is -0.160. The molecule has 0 bridgehead atoms. The molecule has 184 valence electrons. The fourth-order valence-electron chi connectivity index (χ4n) is 2.99. The zero-order valence-corrected chi connectivity index (χ0v) is 21.0. The number of rotatable bonds is 8. The Morgan fingerprint density at radius 3 is 2.65 bits per heavy atom. The number of nitrogens with two attached hydrogens (primary N) is 1. The SMILES string of the molecule is CSC1=C(C(=O)O)N2C(=O)C(NC(=O)C(=NOCC(=O)OC(C)(C)C)c3nsc(N)n3)[C@@H]2SC1. The Morgan fingerprint density at radius 2 is 2.09 bits per heavy atom. The minimum absolute atomic E-state index is 0.0669. The average Bonchev–Trinajstić information content (AvgIpc) is 3.18. The highest BCUT2D eigenvalue weighted by atomic mass is 32.2. The smallest absolute Gasteiger partial charge is 0.353 e. The number of carboxylic acids is 1. The van der Waals surface area contributed by atoms with E-state index in [9.17, 15) is 24.3 Å². The van der Waals surface area contributed by atoms with Crippen LogP contribution in [0.15, 0.2) is 15.8 Å². The second-order valence-corrected chi connectivity index (χ2v) is 10.7. The van der Waals surface area contributed by atoms with Crippen molar-refractivity contribution in [3.05, 3.63) is 16.4 Å². The Labute approximate surface area is 206 Å². The van der Waals surface area contributed by atoms with Crippen molar-refractivity contribution in [2.24, 2.45) is 5.16 Å². The number of nitrogen functional groups attached to an aromatic ring is 1. The topological polar surface area (TPSA) is 186 Å². The van der Waals surface area contributed by atoms with Crippen LogP contribution in [0.1, 0.15) is 26.6 Å². The maximum absolute atomic E-state index is 12.9. The lowest BCUT2D eigenvalue weighted by Crippen LogP contribution is -2.71. The van der Waals surface area contributed by atoms with Crippen LogP contribution in [0.3, 0.4) is 0 Å². The second-order valence-electron chi connectivity index (χ2n) is 7.90. The standard InChI is InChI=1S/C18H22N6O7S3/c1-18(2,3)31-8(25)5-30-22-9(12-21-17(19)34-23-12)13(26)20-10-14(27)24-11(16(28)29)7(32-4)6-33-15(10)24/h10,15H,5-6H2,1-4H3,(H,20,26)(H,28,29)(H2,19,21,23)/t10?,15-/m0/s1. The van der Waals surface area contributed by atoms with E-state index < -0.39 is 53.1 Å². The maximum atomic E-state index is 12.9. The lowest BCUT2D eigenvalue weighted by Gasteiger charge is -2.49. The van der Waals surface area contributed by atoms with E-state index in [1.807, 2.05) is 0 Å². The number of amides is 2. The first-order valence-electron chi connectivity index (χ1n) is 9.70. The molecular formula is C18H22N6O7S3. The van der Waals surface area contributed by atoms with E-state index in [1.165, 1.54) is 23.5 Å². The molecule has 1 saturated heterocycles. The molecule has 2 amide bonds. The third-order valence-corrected chi connectivity index (χ3v) is 7.13. The number of esters is 1. The van der Waals surface area contributed by atoms with Crippen LogP contribution in [0, 0.1) is 0 Å². The van der Waals surface area contributed by atoms with Crippen LogP contribution < -0.4 is 11.1 Å². The average molecular weight is 531 g/mol. The molecule has 16 heteroatoms. The number of thioether (sulfide) groups is 2. The van der Waals surface area contributed by atoms with Gasteiger partial charge in [-0.15, -0.1) is 23.5 Å². The van der Waals surface area contributed by atoms with E-state index in [2.05, 4.69) is 19.8 Å². The van der Waals surface area contributed by atoms with Gasteiger partial charge >= 0.3 is 11.9 Å². The highest BCUT2D eigenvalue weighted by Gasteiger charge is 2.54. The fourth-order valence-corrected chi connectivity index (χ4v) is 5.68. The summed E-state index contributed by atoms with van der Waals surface area (Å²) in [4.78, 5) is 59.8. The molecule has 3 rings (SSSR count). The van der Waals surface area contributed by atoms with Crippen molar-refractivity contribution in [1.29, 1.82) is 0 Å². The highest BCUT2D eigenvalue weighted by Crippen LogP contribution is 2.42. The Balaban J connectivity index is 1.74. The molecule has 2 aliphatic rings. The zero-order valence-electron chi connectivity index (χ0n) is 18.6. The number of oxime groups is 1. The molecule has 1 aromatic heterocycles. The summed E-state index contributed by atoms with van der Waals surface area (Å²) in [6.07, 6.45) is 1.73. The number of ether oxygens (including phenoxy) is 1. The van der Waals surface area contributed by atoms with Crippen LogP contribution >= 0.6 is 35.1 Å². The van der Waals surface area contributed by atoms with E-state index >= 15 is 0 Å². The molecule has 34 heavy (non-hydrogen) atoms. The van der Waals surface area contributed by atoms with E-state index in [1.54, 1.807) is 27.0 Å². The molecule has 2 atom stereocenters. The Kier molecular flexibility index (Phi) is 7.72. The molecule has 1 fully saturated rings. The van der Waals surface area contributed by atoms with Gasteiger partial charge in [-0.25, -0.2) is 9.59 Å². The summed E-state index contributed by atoms with van der Waals surface area (Å²) in [5, 5.41) is 15.2. The summed E-state index contributed by atoms with van der Waals surface area (Å²) < 4.78 is 9.04. The Hall–Kier alpha value is -2.85.